The predicted molar refractivity (Wildman–Crippen MR) is 124 cm³/mol. The normalized spacial score (nSPS) is 11.7. The van der Waals surface area contributed by atoms with Gasteiger partial charge < -0.3 is 15.0 Å². The first-order valence-electron chi connectivity index (χ1n) is 9.31. The highest BCUT2D eigenvalue weighted by Crippen LogP contribution is 2.28. The van der Waals surface area contributed by atoms with E-state index < -0.39 is 6.04 Å². The zero-order valence-electron chi connectivity index (χ0n) is 16.6. The summed E-state index contributed by atoms with van der Waals surface area (Å²) < 4.78 is 6.40. The smallest absolute Gasteiger partial charge is 0.261 e. The van der Waals surface area contributed by atoms with Gasteiger partial charge >= 0.3 is 0 Å². The number of carbonyl (C=O) groups is 2. The molecule has 1 N–H and O–H groups in total. The molecule has 2 aromatic rings. The number of benzene rings is 2. The maximum atomic E-state index is 13.0. The second kappa shape index (κ2) is 11.8. The molecule has 0 aliphatic carbocycles. The molecule has 1 unspecified atom stereocenters. The Morgan fingerprint density at radius 3 is 2.47 bits per heavy atom. The number of nitrogens with one attached hydrogen (secondary N) is 1. The highest BCUT2D eigenvalue weighted by atomic mass is 79.9. The van der Waals surface area contributed by atoms with Crippen molar-refractivity contribution in [3.05, 3.63) is 61.5 Å². The van der Waals surface area contributed by atoms with Gasteiger partial charge in [-0.2, -0.15) is 0 Å². The Morgan fingerprint density at radius 2 is 1.83 bits per heavy atom. The molecule has 0 saturated heterocycles. The van der Waals surface area contributed by atoms with Gasteiger partial charge in [-0.05, 0) is 49.2 Å². The third-order valence-corrected chi connectivity index (χ3v) is 5.83. The quantitative estimate of drug-likeness (QED) is 0.445. The molecule has 0 aliphatic rings. The first-order valence-corrected chi connectivity index (χ1v) is 11.2. The molecule has 1 atom stereocenters. The van der Waals surface area contributed by atoms with Crippen LogP contribution in [-0.4, -0.2) is 35.9 Å². The minimum Gasteiger partial charge on any atom is -0.482 e. The fraction of sp³-hybridized carbons (Fsp3) is 0.333. The number of hydrogen-bond donors (Lipinski definition) is 1. The van der Waals surface area contributed by atoms with Crippen molar-refractivity contribution < 1.29 is 14.3 Å². The molecule has 0 radical (unpaired) electrons. The Kier molecular flexibility index (Phi) is 9.75. The summed E-state index contributed by atoms with van der Waals surface area (Å²) in [5.74, 6) is -0.225. The fourth-order valence-corrected chi connectivity index (χ4v) is 3.68. The van der Waals surface area contributed by atoms with Crippen molar-refractivity contribution in [2.24, 2.45) is 0 Å². The number of amides is 2. The van der Waals surface area contributed by atoms with Crippen LogP contribution in [-0.2, 0) is 16.1 Å². The standard InChI is InChI=1S/C21H22BrCl3N2O3/c1-3-8-26-21(29)13(2)27(11-14-4-6-16(23)17(24)9-14)20(28)12-30-19-7-5-15(22)10-18(19)25/h4-7,9-10,13H,3,8,11-12H2,1-2H3,(H,26,29). The zero-order chi connectivity index (χ0) is 22.3. The van der Waals surface area contributed by atoms with Crippen LogP contribution in [0.1, 0.15) is 25.8 Å². The van der Waals surface area contributed by atoms with Gasteiger partial charge in [-0.25, -0.2) is 0 Å². The largest absolute Gasteiger partial charge is 0.482 e. The molecular weight excluding hydrogens is 515 g/mol. The van der Waals surface area contributed by atoms with Crippen molar-refractivity contribution in [1.29, 1.82) is 0 Å². The van der Waals surface area contributed by atoms with E-state index in [1.54, 1.807) is 43.3 Å². The number of halogens is 4. The summed E-state index contributed by atoms with van der Waals surface area (Å²) >= 11 is 21.6. The van der Waals surface area contributed by atoms with E-state index in [0.717, 1.165) is 16.5 Å². The maximum Gasteiger partial charge on any atom is 0.261 e. The van der Waals surface area contributed by atoms with Gasteiger partial charge in [0.2, 0.25) is 5.91 Å². The van der Waals surface area contributed by atoms with Gasteiger partial charge in [0.1, 0.15) is 11.8 Å². The van der Waals surface area contributed by atoms with Gasteiger partial charge in [0.15, 0.2) is 6.61 Å². The van der Waals surface area contributed by atoms with Crippen molar-refractivity contribution >= 4 is 62.5 Å². The SMILES string of the molecule is CCCNC(=O)C(C)N(Cc1ccc(Cl)c(Cl)c1)C(=O)COc1ccc(Br)cc1Cl. The summed E-state index contributed by atoms with van der Waals surface area (Å²) in [6.45, 7) is 4.07. The van der Waals surface area contributed by atoms with Crippen molar-refractivity contribution in [2.75, 3.05) is 13.2 Å². The second-order valence-electron chi connectivity index (χ2n) is 6.60. The average Bonchev–Trinajstić information content (AvgIpc) is 2.71. The lowest BCUT2D eigenvalue weighted by Crippen LogP contribution is -2.49. The number of hydrogen-bond acceptors (Lipinski definition) is 3. The molecule has 2 aromatic carbocycles. The summed E-state index contributed by atoms with van der Waals surface area (Å²) in [7, 11) is 0. The van der Waals surface area contributed by atoms with Gasteiger partial charge in [-0.15, -0.1) is 0 Å². The summed E-state index contributed by atoms with van der Waals surface area (Å²) in [6.07, 6.45) is 0.796. The van der Waals surface area contributed by atoms with Crippen LogP contribution in [0, 0.1) is 0 Å². The van der Waals surface area contributed by atoms with E-state index in [0.29, 0.717) is 27.4 Å². The van der Waals surface area contributed by atoms with E-state index in [4.69, 9.17) is 39.5 Å². The van der Waals surface area contributed by atoms with Gasteiger partial charge in [0.25, 0.3) is 5.91 Å². The molecule has 9 heteroatoms. The molecule has 0 spiro atoms. The summed E-state index contributed by atoms with van der Waals surface area (Å²) in [5.41, 5.74) is 0.745. The van der Waals surface area contributed by atoms with Crippen molar-refractivity contribution in [3.63, 3.8) is 0 Å². The topological polar surface area (TPSA) is 58.6 Å². The predicted octanol–water partition coefficient (Wildman–Crippen LogP) is 5.73. The second-order valence-corrected chi connectivity index (χ2v) is 8.74. The van der Waals surface area contributed by atoms with E-state index in [2.05, 4.69) is 21.2 Å². The van der Waals surface area contributed by atoms with Gasteiger partial charge in [-0.1, -0.05) is 63.7 Å². The lowest BCUT2D eigenvalue weighted by atomic mass is 10.1. The van der Waals surface area contributed by atoms with Crippen LogP contribution >= 0.6 is 50.7 Å². The van der Waals surface area contributed by atoms with E-state index >= 15 is 0 Å². The lowest BCUT2D eigenvalue weighted by Gasteiger charge is -2.29. The van der Waals surface area contributed by atoms with E-state index in [1.165, 1.54) is 4.90 Å². The third kappa shape index (κ3) is 7.05. The molecular formula is C21H22BrCl3N2O3. The van der Waals surface area contributed by atoms with Crippen LogP contribution in [0.5, 0.6) is 5.75 Å². The van der Waals surface area contributed by atoms with Gasteiger partial charge in [0.05, 0.1) is 15.1 Å². The Bertz CT molecular complexity index is 911. The fourth-order valence-electron chi connectivity index (χ4n) is 2.63. The first-order chi connectivity index (χ1) is 14.2. The molecule has 0 aliphatic heterocycles. The first kappa shape index (κ1) is 24.8. The zero-order valence-corrected chi connectivity index (χ0v) is 20.4. The number of rotatable bonds is 9. The van der Waals surface area contributed by atoms with Crippen molar-refractivity contribution in [2.45, 2.75) is 32.9 Å². The molecule has 2 rings (SSSR count). The monoisotopic (exact) mass is 534 g/mol. The molecule has 0 heterocycles. The van der Waals surface area contributed by atoms with E-state index in [-0.39, 0.29) is 25.0 Å². The summed E-state index contributed by atoms with van der Waals surface area (Å²) in [6, 6.07) is 9.49. The lowest BCUT2D eigenvalue weighted by molar-refractivity contribution is -0.142. The number of carbonyl (C=O) groups excluding carboxylic acids is 2. The van der Waals surface area contributed by atoms with E-state index in [9.17, 15) is 9.59 Å². The van der Waals surface area contributed by atoms with Crippen LogP contribution in [0.3, 0.4) is 0 Å². The minimum atomic E-state index is -0.706. The van der Waals surface area contributed by atoms with Gasteiger partial charge in [-0.3, -0.25) is 9.59 Å². The Balaban J connectivity index is 2.18. The highest BCUT2D eigenvalue weighted by molar-refractivity contribution is 9.10. The Morgan fingerprint density at radius 1 is 1.10 bits per heavy atom. The Labute approximate surface area is 199 Å². The van der Waals surface area contributed by atoms with Crippen LogP contribution < -0.4 is 10.1 Å². The summed E-state index contributed by atoms with van der Waals surface area (Å²) in [4.78, 5) is 26.9. The van der Waals surface area contributed by atoms with Crippen LogP contribution in [0.4, 0.5) is 0 Å². The molecule has 0 fully saturated rings. The molecule has 5 nitrogen and oxygen atoms in total. The number of nitrogens with zero attached hydrogens (tertiary/aromatic N) is 1. The van der Waals surface area contributed by atoms with Gasteiger partial charge in [0, 0.05) is 17.6 Å². The molecule has 0 aromatic heterocycles. The molecule has 2 amide bonds. The maximum absolute atomic E-state index is 13.0. The molecule has 30 heavy (non-hydrogen) atoms. The average molecular weight is 537 g/mol. The molecule has 0 saturated carbocycles. The van der Waals surface area contributed by atoms with Crippen molar-refractivity contribution in [3.8, 4) is 5.75 Å². The van der Waals surface area contributed by atoms with Crippen molar-refractivity contribution in [1.82, 2.24) is 10.2 Å². The molecule has 162 valence electrons. The highest BCUT2D eigenvalue weighted by Gasteiger charge is 2.26. The van der Waals surface area contributed by atoms with Crippen LogP contribution in [0.2, 0.25) is 15.1 Å². The molecule has 0 bridgehead atoms. The number of ether oxygens (including phenoxy) is 1. The third-order valence-electron chi connectivity index (χ3n) is 4.30. The van der Waals surface area contributed by atoms with E-state index in [1.807, 2.05) is 6.92 Å². The minimum absolute atomic E-state index is 0.174. The van der Waals surface area contributed by atoms with Crippen LogP contribution in [0.25, 0.3) is 0 Å². The summed E-state index contributed by atoms with van der Waals surface area (Å²) in [5, 5.41) is 3.99. The Hall–Kier alpha value is -1.47. The van der Waals surface area contributed by atoms with Crippen LogP contribution in [0.15, 0.2) is 40.9 Å².